The zero-order valence-electron chi connectivity index (χ0n) is 13.9. The Bertz CT molecular complexity index is 747. The molecule has 3 rings (SSSR count). The van der Waals surface area contributed by atoms with E-state index in [0.29, 0.717) is 19.4 Å². The van der Waals surface area contributed by atoms with Gasteiger partial charge in [0.25, 0.3) is 0 Å². The summed E-state index contributed by atoms with van der Waals surface area (Å²) >= 11 is 0. The van der Waals surface area contributed by atoms with E-state index in [-0.39, 0.29) is 11.8 Å². The van der Waals surface area contributed by atoms with Crippen molar-refractivity contribution in [1.29, 1.82) is 0 Å². The van der Waals surface area contributed by atoms with E-state index in [4.69, 9.17) is 0 Å². The monoisotopic (exact) mass is 323 g/mol. The molecule has 5 heteroatoms. The van der Waals surface area contributed by atoms with Crippen LogP contribution in [0.5, 0.6) is 0 Å². The topological polar surface area (TPSA) is 71.1 Å². The molecule has 1 aliphatic rings. The van der Waals surface area contributed by atoms with Gasteiger partial charge in [-0.2, -0.15) is 0 Å². The molecule has 2 N–H and O–H groups in total. The van der Waals surface area contributed by atoms with Crippen LogP contribution >= 0.6 is 0 Å². The average Bonchev–Trinajstić information content (AvgIpc) is 3.34. The van der Waals surface area contributed by atoms with Crippen molar-refractivity contribution in [2.75, 3.05) is 5.32 Å². The summed E-state index contributed by atoms with van der Waals surface area (Å²) in [6.45, 7) is 4.34. The molecule has 124 valence electrons. The Kier molecular flexibility index (Phi) is 4.34. The van der Waals surface area contributed by atoms with Crippen LogP contribution in [0.2, 0.25) is 0 Å². The maximum atomic E-state index is 12.6. The van der Waals surface area contributed by atoms with Crippen molar-refractivity contribution in [1.82, 2.24) is 10.3 Å². The Morgan fingerprint density at radius 1 is 1.12 bits per heavy atom. The van der Waals surface area contributed by atoms with Crippen LogP contribution in [0.15, 0.2) is 42.7 Å². The lowest BCUT2D eigenvalue weighted by Gasteiger charge is -2.16. The summed E-state index contributed by atoms with van der Waals surface area (Å²) in [5.74, 6) is -0.440. The molecule has 1 saturated carbocycles. The summed E-state index contributed by atoms with van der Waals surface area (Å²) in [6, 6.07) is 9.58. The number of pyridine rings is 1. The van der Waals surface area contributed by atoms with Crippen molar-refractivity contribution in [3.63, 3.8) is 0 Å². The van der Waals surface area contributed by atoms with Crippen molar-refractivity contribution in [3.05, 3.63) is 59.4 Å². The molecule has 0 unspecified atom stereocenters. The van der Waals surface area contributed by atoms with Gasteiger partial charge in [0.2, 0.25) is 11.8 Å². The maximum absolute atomic E-state index is 12.6. The van der Waals surface area contributed by atoms with Crippen molar-refractivity contribution >= 4 is 17.5 Å². The first-order valence-electron chi connectivity index (χ1n) is 8.06. The fraction of sp³-hybridized carbons (Fsp3) is 0.316. The maximum Gasteiger partial charge on any atom is 0.240 e. The number of aryl methyl sites for hydroxylation is 2. The molecule has 2 amide bonds. The second kappa shape index (κ2) is 6.43. The number of aromatic nitrogens is 1. The molecule has 5 nitrogen and oxygen atoms in total. The van der Waals surface area contributed by atoms with Crippen LogP contribution in [-0.2, 0) is 16.1 Å². The van der Waals surface area contributed by atoms with Crippen LogP contribution in [0.1, 0.15) is 29.5 Å². The van der Waals surface area contributed by atoms with Gasteiger partial charge in [0, 0.05) is 24.6 Å². The first-order chi connectivity index (χ1) is 11.5. The fourth-order valence-corrected chi connectivity index (χ4v) is 2.83. The third-order valence-corrected chi connectivity index (χ3v) is 4.27. The third-order valence-electron chi connectivity index (χ3n) is 4.27. The molecule has 0 saturated heterocycles. The minimum absolute atomic E-state index is 0.215. The van der Waals surface area contributed by atoms with Gasteiger partial charge in [0.05, 0.1) is 0 Å². The summed E-state index contributed by atoms with van der Waals surface area (Å²) < 4.78 is 0. The van der Waals surface area contributed by atoms with Crippen LogP contribution in [0.4, 0.5) is 5.69 Å². The minimum atomic E-state index is -0.931. The van der Waals surface area contributed by atoms with Crippen LogP contribution in [-0.4, -0.2) is 16.8 Å². The lowest BCUT2D eigenvalue weighted by Crippen LogP contribution is -2.39. The Morgan fingerprint density at radius 2 is 1.83 bits per heavy atom. The molecule has 1 fully saturated rings. The standard InChI is InChI=1S/C19H21N3O2/c1-13-8-14(2)10-16(9-13)22-18(24)19(5-6-19)17(23)21-12-15-4-3-7-20-11-15/h3-4,7-11H,5-6,12H2,1-2H3,(H,21,23)(H,22,24). The second-order valence-electron chi connectivity index (χ2n) is 6.46. The zero-order valence-corrected chi connectivity index (χ0v) is 13.9. The fourth-order valence-electron chi connectivity index (χ4n) is 2.83. The normalized spacial score (nSPS) is 14.8. The van der Waals surface area contributed by atoms with Gasteiger partial charge in [0.1, 0.15) is 5.41 Å². The van der Waals surface area contributed by atoms with Gasteiger partial charge in [-0.05, 0) is 61.6 Å². The van der Waals surface area contributed by atoms with E-state index in [9.17, 15) is 9.59 Å². The highest BCUT2D eigenvalue weighted by Crippen LogP contribution is 2.47. The number of anilines is 1. The number of hydrogen-bond donors (Lipinski definition) is 2. The molecule has 2 aromatic rings. The Hall–Kier alpha value is -2.69. The lowest BCUT2D eigenvalue weighted by molar-refractivity contribution is -0.134. The van der Waals surface area contributed by atoms with Crippen LogP contribution in [0.25, 0.3) is 0 Å². The Balaban J connectivity index is 1.64. The van der Waals surface area contributed by atoms with Crippen LogP contribution in [0, 0.1) is 19.3 Å². The lowest BCUT2D eigenvalue weighted by atomic mass is 10.0. The highest BCUT2D eigenvalue weighted by Gasteiger charge is 2.56. The van der Waals surface area contributed by atoms with Gasteiger partial charge in [-0.1, -0.05) is 12.1 Å². The minimum Gasteiger partial charge on any atom is -0.351 e. The van der Waals surface area contributed by atoms with Crippen molar-refractivity contribution in [2.45, 2.75) is 33.2 Å². The summed E-state index contributed by atoms with van der Waals surface area (Å²) in [7, 11) is 0. The molecular formula is C19H21N3O2. The van der Waals surface area contributed by atoms with Gasteiger partial charge >= 0.3 is 0 Å². The van der Waals surface area contributed by atoms with E-state index in [0.717, 1.165) is 22.4 Å². The largest absolute Gasteiger partial charge is 0.351 e. The predicted octanol–water partition coefficient (Wildman–Crippen LogP) is 2.73. The molecular weight excluding hydrogens is 302 g/mol. The Morgan fingerprint density at radius 3 is 2.42 bits per heavy atom. The third kappa shape index (κ3) is 3.45. The molecule has 24 heavy (non-hydrogen) atoms. The average molecular weight is 323 g/mol. The van der Waals surface area contributed by atoms with E-state index in [2.05, 4.69) is 15.6 Å². The first-order valence-corrected chi connectivity index (χ1v) is 8.06. The first kappa shape index (κ1) is 16.2. The van der Waals surface area contributed by atoms with Crippen LogP contribution in [0.3, 0.4) is 0 Å². The van der Waals surface area contributed by atoms with E-state index in [1.165, 1.54) is 0 Å². The number of carbonyl (C=O) groups is 2. The second-order valence-corrected chi connectivity index (χ2v) is 6.46. The summed E-state index contributed by atoms with van der Waals surface area (Å²) in [6.07, 6.45) is 4.56. The zero-order chi connectivity index (χ0) is 17.2. The molecule has 1 aliphatic carbocycles. The number of carbonyl (C=O) groups excluding carboxylic acids is 2. The number of rotatable bonds is 5. The molecule has 1 heterocycles. The number of amides is 2. The highest BCUT2D eigenvalue weighted by atomic mass is 16.2. The van der Waals surface area contributed by atoms with Gasteiger partial charge in [-0.3, -0.25) is 14.6 Å². The molecule has 0 atom stereocenters. The quantitative estimate of drug-likeness (QED) is 0.831. The molecule has 0 bridgehead atoms. The SMILES string of the molecule is Cc1cc(C)cc(NC(=O)C2(C(=O)NCc3cccnc3)CC2)c1. The van der Waals surface area contributed by atoms with E-state index < -0.39 is 5.41 Å². The van der Waals surface area contributed by atoms with Crippen molar-refractivity contribution in [2.24, 2.45) is 5.41 Å². The van der Waals surface area contributed by atoms with Gasteiger partial charge < -0.3 is 10.6 Å². The van der Waals surface area contributed by atoms with Crippen molar-refractivity contribution in [3.8, 4) is 0 Å². The number of nitrogens with zero attached hydrogens (tertiary/aromatic N) is 1. The molecule has 0 radical (unpaired) electrons. The highest BCUT2D eigenvalue weighted by molar-refractivity contribution is 6.13. The van der Waals surface area contributed by atoms with Gasteiger partial charge in [-0.25, -0.2) is 0 Å². The smallest absolute Gasteiger partial charge is 0.240 e. The van der Waals surface area contributed by atoms with Gasteiger partial charge in [-0.15, -0.1) is 0 Å². The summed E-state index contributed by atoms with van der Waals surface area (Å²) in [5.41, 5.74) is 2.88. The van der Waals surface area contributed by atoms with Crippen LogP contribution < -0.4 is 10.6 Å². The van der Waals surface area contributed by atoms with E-state index in [1.54, 1.807) is 12.4 Å². The molecule has 1 aromatic heterocycles. The number of nitrogens with one attached hydrogen (secondary N) is 2. The van der Waals surface area contributed by atoms with E-state index >= 15 is 0 Å². The molecule has 1 aromatic carbocycles. The van der Waals surface area contributed by atoms with Gasteiger partial charge in [0.15, 0.2) is 0 Å². The Labute approximate surface area is 141 Å². The summed E-state index contributed by atoms with van der Waals surface area (Å²) in [4.78, 5) is 29.1. The summed E-state index contributed by atoms with van der Waals surface area (Å²) in [5, 5.41) is 5.74. The number of benzene rings is 1. The predicted molar refractivity (Wildman–Crippen MR) is 92.3 cm³/mol. The van der Waals surface area contributed by atoms with E-state index in [1.807, 2.05) is 44.2 Å². The number of hydrogen-bond acceptors (Lipinski definition) is 3. The molecule has 0 aliphatic heterocycles. The van der Waals surface area contributed by atoms with Crippen molar-refractivity contribution < 1.29 is 9.59 Å². The molecule has 0 spiro atoms.